The fourth-order valence-electron chi connectivity index (χ4n) is 3.43. The van der Waals surface area contributed by atoms with Crippen LogP contribution in [0.2, 0.25) is 0 Å². The van der Waals surface area contributed by atoms with Gasteiger partial charge in [0.05, 0.1) is 11.9 Å². The van der Waals surface area contributed by atoms with Gasteiger partial charge in [0.25, 0.3) is 5.91 Å². The molecular formula is C25H27N7O2. The van der Waals surface area contributed by atoms with Crippen LogP contribution in [-0.4, -0.2) is 39.8 Å². The molecule has 9 heteroatoms. The normalized spacial score (nSPS) is 10.7. The molecule has 4 rings (SSSR count). The standard InChI is InChI=1S/C25H27N7O2/c1-5-21-25(30-24(22(29-21)23(26)33)28-18-14-27-32(4)15-18)34-20-12-8-17(9-13-20)16-6-10-19(11-7-16)31(2)3/h6-15H,5H2,1-4H3,(H2,26,33)(H,28,30). The molecule has 1 amide bonds. The summed E-state index contributed by atoms with van der Waals surface area (Å²) in [5.74, 6) is 0.453. The molecule has 2 heterocycles. The van der Waals surface area contributed by atoms with Gasteiger partial charge in [-0.2, -0.15) is 10.1 Å². The number of aromatic nitrogens is 4. The number of carbonyl (C=O) groups excluding carboxylic acids is 1. The van der Waals surface area contributed by atoms with E-state index in [2.05, 4.69) is 49.5 Å². The average Bonchev–Trinajstić information content (AvgIpc) is 3.24. The molecule has 0 unspecified atom stereocenters. The Balaban J connectivity index is 1.60. The van der Waals surface area contributed by atoms with Gasteiger partial charge < -0.3 is 20.7 Å². The van der Waals surface area contributed by atoms with Gasteiger partial charge >= 0.3 is 0 Å². The molecule has 34 heavy (non-hydrogen) atoms. The highest BCUT2D eigenvalue weighted by atomic mass is 16.5. The molecule has 0 saturated heterocycles. The summed E-state index contributed by atoms with van der Waals surface area (Å²) in [7, 11) is 5.82. The predicted octanol–water partition coefficient (Wildman–Crippen LogP) is 4.14. The molecule has 0 spiro atoms. The van der Waals surface area contributed by atoms with Crippen LogP contribution in [0.5, 0.6) is 11.6 Å². The zero-order valence-electron chi connectivity index (χ0n) is 19.6. The number of nitrogens with one attached hydrogen (secondary N) is 1. The summed E-state index contributed by atoms with van der Waals surface area (Å²) in [6, 6.07) is 16.1. The van der Waals surface area contributed by atoms with E-state index in [1.165, 1.54) is 0 Å². The van der Waals surface area contributed by atoms with Crippen molar-refractivity contribution in [2.75, 3.05) is 24.3 Å². The maximum absolute atomic E-state index is 12.0. The van der Waals surface area contributed by atoms with Gasteiger partial charge in [0, 0.05) is 33.0 Å². The predicted molar refractivity (Wildman–Crippen MR) is 133 cm³/mol. The number of hydrogen-bond acceptors (Lipinski definition) is 7. The van der Waals surface area contributed by atoms with E-state index in [4.69, 9.17) is 10.5 Å². The highest BCUT2D eigenvalue weighted by Gasteiger charge is 2.19. The highest BCUT2D eigenvalue weighted by Crippen LogP contribution is 2.30. The lowest BCUT2D eigenvalue weighted by molar-refractivity contribution is 0.0996. The van der Waals surface area contributed by atoms with Crippen molar-refractivity contribution in [2.45, 2.75) is 13.3 Å². The van der Waals surface area contributed by atoms with Crippen LogP contribution in [-0.2, 0) is 13.5 Å². The van der Waals surface area contributed by atoms with Crippen molar-refractivity contribution in [1.29, 1.82) is 0 Å². The van der Waals surface area contributed by atoms with Gasteiger partial charge in [-0.3, -0.25) is 9.48 Å². The number of carbonyl (C=O) groups is 1. The van der Waals surface area contributed by atoms with Crippen molar-refractivity contribution < 1.29 is 9.53 Å². The monoisotopic (exact) mass is 457 g/mol. The molecule has 0 atom stereocenters. The largest absolute Gasteiger partial charge is 0.437 e. The Bertz CT molecular complexity index is 1300. The number of ether oxygens (including phenoxy) is 1. The van der Waals surface area contributed by atoms with Gasteiger partial charge in [0.15, 0.2) is 11.5 Å². The summed E-state index contributed by atoms with van der Waals surface area (Å²) in [6.45, 7) is 1.91. The van der Waals surface area contributed by atoms with Crippen LogP contribution in [0.1, 0.15) is 23.1 Å². The second kappa shape index (κ2) is 9.62. The molecule has 0 bridgehead atoms. The lowest BCUT2D eigenvalue weighted by Gasteiger charge is -2.14. The van der Waals surface area contributed by atoms with Crippen molar-refractivity contribution in [2.24, 2.45) is 12.8 Å². The Kier molecular flexibility index (Phi) is 6.44. The summed E-state index contributed by atoms with van der Waals surface area (Å²) in [5, 5.41) is 7.17. The van der Waals surface area contributed by atoms with Crippen molar-refractivity contribution in [3.05, 3.63) is 72.3 Å². The quantitative estimate of drug-likeness (QED) is 0.409. The van der Waals surface area contributed by atoms with Crippen LogP contribution in [0.25, 0.3) is 11.1 Å². The molecule has 0 aliphatic heterocycles. The first-order chi connectivity index (χ1) is 16.3. The number of rotatable bonds is 8. The first kappa shape index (κ1) is 22.8. The smallest absolute Gasteiger partial charge is 0.271 e. The topological polar surface area (TPSA) is 111 Å². The summed E-state index contributed by atoms with van der Waals surface area (Å²) >= 11 is 0. The fourth-order valence-corrected chi connectivity index (χ4v) is 3.43. The van der Waals surface area contributed by atoms with Gasteiger partial charge in [-0.15, -0.1) is 0 Å². The minimum absolute atomic E-state index is 0.0459. The third kappa shape index (κ3) is 4.98. The minimum Gasteiger partial charge on any atom is -0.437 e. The maximum atomic E-state index is 12.0. The van der Waals surface area contributed by atoms with E-state index in [1.807, 2.05) is 45.3 Å². The van der Waals surface area contributed by atoms with Gasteiger partial charge in [-0.1, -0.05) is 31.2 Å². The summed E-state index contributed by atoms with van der Waals surface area (Å²) in [4.78, 5) is 23.0. The first-order valence-corrected chi connectivity index (χ1v) is 10.9. The number of anilines is 3. The number of nitrogens with zero attached hydrogens (tertiary/aromatic N) is 5. The van der Waals surface area contributed by atoms with Crippen molar-refractivity contribution in [3.8, 4) is 22.8 Å². The third-order valence-electron chi connectivity index (χ3n) is 5.25. The Morgan fingerprint density at radius 3 is 2.24 bits per heavy atom. The Hall–Kier alpha value is -4.40. The molecule has 9 nitrogen and oxygen atoms in total. The van der Waals surface area contributed by atoms with Gasteiger partial charge in [0.1, 0.15) is 11.4 Å². The zero-order valence-corrected chi connectivity index (χ0v) is 19.6. The zero-order chi connectivity index (χ0) is 24.2. The number of hydrogen-bond donors (Lipinski definition) is 2. The molecule has 0 saturated carbocycles. The summed E-state index contributed by atoms with van der Waals surface area (Å²) in [6.07, 6.45) is 3.89. The Morgan fingerprint density at radius 2 is 1.71 bits per heavy atom. The molecular weight excluding hydrogens is 430 g/mol. The molecule has 0 radical (unpaired) electrons. The van der Waals surface area contributed by atoms with Crippen molar-refractivity contribution in [3.63, 3.8) is 0 Å². The molecule has 2 aromatic heterocycles. The van der Waals surface area contributed by atoms with E-state index in [1.54, 1.807) is 24.1 Å². The van der Waals surface area contributed by atoms with E-state index in [0.717, 1.165) is 16.8 Å². The minimum atomic E-state index is -0.676. The molecule has 174 valence electrons. The second-order valence-electron chi connectivity index (χ2n) is 7.99. The number of nitrogens with two attached hydrogens (primary N) is 1. The van der Waals surface area contributed by atoms with Crippen LogP contribution in [0, 0.1) is 0 Å². The molecule has 3 N–H and O–H groups in total. The van der Waals surface area contributed by atoms with E-state index in [-0.39, 0.29) is 11.5 Å². The SMILES string of the molecule is CCc1nc(C(N)=O)c(Nc2cnn(C)c2)nc1Oc1ccc(-c2ccc(N(C)C)cc2)cc1. The fraction of sp³-hybridized carbons (Fsp3) is 0.200. The van der Waals surface area contributed by atoms with Crippen LogP contribution >= 0.6 is 0 Å². The van der Waals surface area contributed by atoms with Crippen molar-refractivity contribution in [1.82, 2.24) is 19.7 Å². The van der Waals surface area contributed by atoms with E-state index >= 15 is 0 Å². The molecule has 0 aliphatic rings. The van der Waals surface area contributed by atoms with Gasteiger partial charge in [0.2, 0.25) is 5.88 Å². The van der Waals surface area contributed by atoms with Crippen LogP contribution in [0.15, 0.2) is 60.9 Å². The number of amides is 1. The lowest BCUT2D eigenvalue weighted by atomic mass is 10.1. The highest BCUT2D eigenvalue weighted by molar-refractivity contribution is 5.96. The van der Waals surface area contributed by atoms with Crippen LogP contribution in [0.3, 0.4) is 0 Å². The molecule has 2 aromatic carbocycles. The number of primary amides is 1. The Morgan fingerprint density at radius 1 is 1.06 bits per heavy atom. The lowest BCUT2D eigenvalue weighted by Crippen LogP contribution is -2.18. The van der Waals surface area contributed by atoms with E-state index in [0.29, 0.717) is 29.4 Å². The van der Waals surface area contributed by atoms with E-state index in [9.17, 15) is 4.79 Å². The van der Waals surface area contributed by atoms with E-state index < -0.39 is 5.91 Å². The van der Waals surface area contributed by atoms with Gasteiger partial charge in [-0.05, 0) is 41.8 Å². The molecule has 0 fully saturated rings. The summed E-state index contributed by atoms with van der Waals surface area (Å²) < 4.78 is 7.70. The van der Waals surface area contributed by atoms with Crippen LogP contribution in [0.4, 0.5) is 17.2 Å². The molecule has 0 aliphatic carbocycles. The van der Waals surface area contributed by atoms with Gasteiger partial charge in [-0.25, -0.2) is 4.98 Å². The number of benzene rings is 2. The van der Waals surface area contributed by atoms with Crippen LogP contribution < -0.4 is 20.7 Å². The Labute approximate surface area is 198 Å². The van der Waals surface area contributed by atoms with Crippen molar-refractivity contribution >= 4 is 23.1 Å². The third-order valence-corrected chi connectivity index (χ3v) is 5.25. The average molecular weight is 458 g/mol. The summed E-state index contributed by atoms with van der Waals surface area (Å²) in [5.41, 5.74) is 10.1. The second-order valence-corrected chi connectivity index (χ2v) is 7.99. The maximum Gasteiger partial charge on any atom is 0.271 e. The number of aryl methyl sites for hydroxylation is 2. The molecule has 4 aromatic rings. The first-order valence-electron chi connectivity index (χ1n) is 10.9.